The summed E-state index contributed by atoms with van der Waals surface area (Å²) in [5.41, 5.74) is 3.75. The lowest BCUT2D eigenvalue weighted by Gasteiger charge is -2.18. The molecule has 0 radical (unpaired) electrons. The fraction of sp³-hybridized carbons (Fsp3) is 0.294. The minimum absolute atomic E-state index is 0.269. The van der Waals surface area contributed by atoms with Crippen molar-refractivity contribution in [3.05, 3.63) is 64.1 Å². The third-order valence-electron chi connectivity index (χ3n) is 3.21. The third-order valence-corrected chi connectivity index (χ3v) is 3.93. The average Bonchev–Trinajstić information content (AvgIpc) is 2.41. The summed E-state index contributed by atoms with van der Waals surface area (Å²) in [6.45, 7) is 3.15. The van der Waals surface area contributed by atoms with Gasteiger partial charge in [-0.2, -0.15) is 0 Å². The van der Waals surface area contributed by atoms with Crippen LogP contribution in [0.1, 0.15) is 24.1 Å². The lowest BCUT2D eigenvalue weighted by Crippen LogP contribution is -2.11. The van der Waals surface area contributed by atoms with Crippen molar-refractivity contribution in [1.82, 2.24) is 4.90 Å². The van der Waals surface area contributed by atoms with E-state index < -0.39 is 0 Å². The summed E-state index contributed by atoms with van der Waals surface area (Å²) < 4.78 is 1.14. The van der Waals surface area contributed by atoms with Gasteiger partial charge in [0.05, 0.1) is 0 Å². The third kappa shape index (κ3) is 4.09. The number of anilines is 1. The summed E-state index contributed by atoms with van der Waals surface area (Å²) in [6.07, 6.45) is 0. The minimum atomic E-state index is 0.269. The van der Waals surface area contributed by atoms with Crippen molar-refractivity contribution in [1.29, 1.82) is 0 Å². The topological polar surface area (TPSA) is 15.3 Å². The standard InChI is InChI=1S/C17H21BrN2/c1-13(16-6-4-5-7-17(16)18)19-15-10-8-14(9-11-15)12-20(2)3/h4-11,13,19H,12H2,1-3H3. The van der Waals surface area contributed by atoms with Gasteiger partial charge in [-0.15, -0.1) is 0 Å². The number of hydrogen-bond acceptors (Lipinski definition) is 2. The van der Waals surface area contributed by atoms with Gasteiger partial charge in [0.1, 0.15) is 0 Å². The molecular weight excluding hydrogens is 312 g/mol. The quantitative estimate of drug-likeness (QED) is 0.854. The van der Waals surface area contributed by atoms with Crippen LogP contribution in [-0.2, 0) is 6.54 Å². The monoisotopic (exact) mass is 332 g/mol. The summed E-state index contributed by atoms with van der Waals surface area (Å²) in [6, 6.07) is 17.2. The molecule has 1 atom stereocenters. The molecule has 0 amide bonds. The number of hydrogen-bond donors (Lipinski definition) is 1. The van der Waals surface area contributed by atoms with Crippen LogP contribution in [0.2, 0.25) is 0 Å². The zero-order chi connectivity index (χ0) is 14.5. The molecule has 0 aliphatic heterocycles. The van der Waals surface area contributed by atoms with E-state index in [1.807, 2.05) is 6.07 Å². The van der Waals surface area contributed by atoms with E-state index in [4.69, 9.17) is 0 Å². The molecule has 2 aromatic rings. The molecule has 0 spiro atoms. The van der Waals surface area contributed by atoms with Crippen molar-refractivity contribution in [2.45, 2.75) is 19.5 Å². The van der Waals surface area contributed by atoms with Gasteiger partial charge in [0.25, 0.3) is 0 Å². The molecule has 0 saturated carbocycles. The Kier molecular flexibility index (Phi) is 5.21. The summed E-state index contributed by atoms with van der Waals surface area (Å²) in [5.74, 6) is 0. The maximum Gasteiger partial charge on any atom is 0.0496 e. The average molecular weight is 333 g/mol. The Morgan fingerprint density at radius 3 is 2.30 bits per heavy atom. The Hall–Kier alpha value is -1.32. The second-order valence-electron chi connectivity index (χ2n) is 5.32. The molecule has 1 N–H and O–H groups in total. The predicted molar refractivity (Wildman–Crippen MR) is 90.0 cm³/mol. The Balaban J connectivity index is 2.05. The molecule has 0 aliphatic rings. The van der Waals surface area contributed by atoms with E-state index in [1.54, 1.807) is 0 Å². The molecule has 0 heterocycles. The first-order chi connectivity index (χ1) is 9.56. The first-order valence-electron chi connectivity index (χ1n) is 6.81. The van der Waals surface area contributed by atoms with E-state index in [9.17, 15) is 0 Å². The molecule has 20 heavy (non-hydrogen) atoms. The maximum atomic E-state index is 3.60. The van der Waals surface area contributed by atoms with Gasteiger partial charge in [-0.05, 0) is 50.3 Å². The van der Waals surface area contributed by atoms with Gasteiger partial charge in [-0.25, -0.2) is 0 Å². The zero-order valence-corrected chi connectivity index (χ0v) is 13.8. The number of benzene rings is 2. The highest BCUT2D eigenvalue weighted by atomic mass is 79.9. The van der Waals surface area contributed by atoms with E-state index in [1.165, 1.54) is 11.1 Å². The Labute approximate surface area is 129 Å². The predicted octanol–water partition coefficient (Wildman–Crippen LogP) is 4.68. The second-order valence-corrected chi connectivity index (χ2v) is 6.18. The second kappa shape index (κ2) is 6.91. The van der Waals surface area contributed by atoms with Gasteiger partial charge in [0.15, 0.2) is 0 Å². The maximum absolute atomic E-state index is 3.60. The normalized spacial score (nSPS) is 12.4. The Morgan fingerprint density at radius 1 is 1.05 bits per heavy atom. The van der Waals surface area contributed by atoms with Crippen LogP contribution in [0.15, 0.2) is 53.0 Å². The highest BCUT2D eigenvalue weighted by molar-refractivity contribution is 9.10. The van der Waals surface area contributed by atoms with E-state index in [0.29, 0.717) is 0 Å². The molecule has 2 aromatic carbocycles. The molecule has 0 aromatic heterocycles. The number of rotatable bonds is 5. The van der Waals surface area contributed by atoms with E-state index in [-0.39, 0.29) is 6.04 Å². The van der Waals surface area contributed by atoms with Crippen molar-refractivity contribution in [2.75, 3.05) is 19.4 Å². The van der Waals surface area contributed by atoms with Crippen LogP contribution >= 0.6 is 15.9 Å². The largest absolute Gasteiger partial charge is 0.378 e. The van der Waals surface area contributed by atoms with Crippen LogP contribution < -0.4 is 5.32 Å². The van der Waals surface area contributed by atoms with Crippen LogP contribution in [0.4, 0.5) is 5.69 Å². The van der Waals surface area contributed by atoms with Crippen LogP contribution in [0.5, 0.6) is 0 Å². The SMILES string of the molecule is CC(Nc1ccc(CN(C)C)cc1)c1ccccc1Br. The fourth-order valence-corrected chi connectivity index (χ4v) is 2.85. The lowest BCUT2D eigenvalue weighted by atomic mass is 10.1. The molecule has 0 aliphatic carbocycles. The van der Waals surface area contributed by atoms with Crippen LogP contribution in [0.3, 0.4) is 0 Å². The van der Waals surface area contributed by atoms with Gasteiger partial charge in [-0.3, -0.25) is 0 Å². The molecule has 0 fully saturated rings. The number of nitrogens with one attached hydrogen (secondary N) is 1. The number of nitrogens with zero attached hydrogens (tertiary/aromatic N) is 1. The van der Waals surface area contributed by atoms with Crippen LogP contribution in [0, 0.1) is 0 Å². The molecule has 0 bridgehead atoms. The van der Waals surface area contributed by atoms with Crippen molar-refractivity contribution in [2.24, 2.45) is 0 Å². The summed E-state index contributed by atoms with van der Waals surface area (Å²) in [7, 11) is 4.17. The summed E-state index contributed by atoms with van der Waals surface area (Å²) >= 11 is 3.60. The highest BCUT2D eigenvalue weighted by Crippen LogP contribution is 2.26. The van der Waals surface area contributed by atoms with Gasteiger partial charge >= 0.3 is 0 Å². The first-order valence-corrected chi connectivity index (χ1v) is 7.60. The van der Waals surface area contributed by atoms with Gasteiger partial charge in [-0.1, -0.05) is 46.3 Å². The molecule has 2 rings (SSSR count). The lowest BCUT2D eigenvalue weighted by molar-refractivity contribution is 0.402. The molecule has 1 unspecified atom stereocenters. The molecule has 3 heteroatoms. The first kappa shape index (κ1) is 15.1. The molecule has 2 nitrogen and oxygen atoms in total. The van der Waals surface area contributed by atoms with Crippen molar-refractivity contribution in [3.8, 4) is 0 Å². The minimum Gasteiger partial charge on any atom is -0.378 e. The van der Waals surface area contributed by atoms with Crippen LogP contribution in [-0.4, -0.2) is 19.0 Å². The van der Waals surface area contributed by atoms with E-state index in [2.05, 4.69) is 89.6 Å². The molecular formula is C17H21BrN2. The molecule has 106 valence electrons. The van der Waals surface area contributed by atoms with Gasteiger partial charge in [0.2, 0.25) is 0 Å². The van der Waals surface area contributed by atoms with E-state index >= 15 is 0 Å². The van der Waals surface area contributed by atoms with E-state index in [0.717, 1.165) is 16.7 Å². The Bertz CT molecular complexity index is 549. The summed E-state index contributed by atoms with van der Waals surface area (Å²) in [5, 5.41) is 3.54. The highest BCUT2D eigenvalue weighted by Gasteiger charge is 2.08. The van der Waals surface area contributed by atoms with Gasteiger partial charge < -0.3 is 10.2 Å². The molecule has 0 saturated heterocycles. The smallest absolute Gasteiger partial charge is 0.0496 e. The van der Waals surface area contributed by atoms with Crippen molar-refractivity contribution in [3.63, 3.8) is 0 Å². The van der Waals surface area contributed by atoms with Crippen LogP contribution in [0.25, 0.3) is 0 Å². The number of halogens is 1. The van der Waals surface area contributed by atoms with Crippen molar-refractivity contribution >= 4 is 21.6 Å². The zero-order valence-electron chi connectivity index (χ0n) is 12.2. The van der Waals surface area contributed by atoms with Crippen molar-refractivity contribution < 1.29 is 0 Å². The summed E-state index contributed by atoms with van der Waals surface area (Å²) in [4.78, 5) is 2.17. The van der Waals surface area contributed by atoms with Gasteiger partial charge in [0, 0.05) is 22.7 Å². The fourth-order valence-electron chi connectivity index (χ4n) is 2.23. The Morgan fingerprint density at radius 2 is 1.70 bits per heavy atom.